The molecule has 0 amide bonds. The second kappa shape index (κ2) is 8.22. The molecule has 0 radical (unpaired) electrons. The summed E-state index contributed by atoms with van der Waals surface area (Å²) >= 11 is 0. The number of hydrogen-bond acceptors (Lipinski definition) is 4. The Morgan fingerprint density at radius 1 is 1.03 bits per heavy atom. The zero-order valence-corrected chi connectivity index (χ0v) is 18.9. The van der Waals surface area contributed by atoms with E-state index in [1.165, 1.54) is 74.1 Å². The number of benzene rings is 1. The van der Waals surface area contributed by atoms with Crippen LogP contribution in [0.5, 0.6) is 0 Å². The Balaban J connectivity index is 1.18. The van der Waals surface area contributed by atoms with E-state index in [4.69, 9.17) is 4.98 Å². The van der Waals surface area contributed by atoms with Crippen LogP contribution in [0.15, 0.2) is 36.5 Å². The van der Waals surface area contributed by atoms with Crippen LogP contribution >= 0.6 is 0 Å². The summed E-state index contributed by atoms with van der Waals surface area (Å²) in [6.07, 6.45) is 11.1. The summed E-state index contributed by atoms with van der Waals surface area (Å²) in [5, 5.41) is 3.85. The number of nitrogens with one attached hydrogen (secondary N) is 1. The summed E-state index contributed by atoms with van der Waals surface area (Å²) in [5.74, 6) is 1.89. The van der Waals surface area contributed by atoms with Crippen LogP contribution in [-0.4, -0.2) is 42.6 Å². The quantitative estimate of drug-likeness (QED) is 0.803. The van der Waals surface area contributed by atoms with Crippen LogP contribution in [0.25, 0.3) is 0 Å². The van der Waals surface area contributed by atoms with Gasteiger partial charge in [0.25, 0.3) is 0 Å². The van der Waals surface area contributed by atoms with E-state index in [1.807, 2.05) is 6.20 Å². The van der Waals surface area contributed by atoms with Crippen molar-refractivity contribution >= 4 is 5.69 Å². The first kappa shape index (κ1) is 19.8. The molecule has 4 atom stereocenters. The molecule has 4 nitrogen and oxygen atoms in total. The van der Waals surface area contributed by atoms with E-state index in [9.17, 15) is 0 Å². The average Bonchev–Trinajstić information content (AvgIpc) is 3.41. The molecular weight excluding hydrogens is 380 g/mol. The molecular formula is C27H36N4. The van der Waals surface area contributed by atoms with Crippen molar-refractivity contribution in [3.63, 3.8) is 0 Å². The minimum absolute atomic E-state index is 0.460. The standard InChI is InChI=1S/C27H36N4/c1-30(26-12-3-6-19-10-5-13-28-27(19)26)18-23-14-24-20(15-29-23)7-4-11-25(24)31-16-21-8-2-9-22(21)17-31/h4-5,7,10-11,13,21-23,26,29H,2-3,6,8-9,12,14-18H2,1H3/t21-,22-,23-,26-/m0/s1. The summed E-state index contributed by atoms with van der Waals surface area (Å²) in [6, 6.07) is 12.3. The maximum atomic E-state index is 4.78. The van der Waals surface area contributed by atoms with Crippen LogP contribution in [0.1, 0.15) is 60.5 Å². The predicted molar refractivity (Wildman–Crippen MR) is 126 cm³/mol. The Hall–Kier alpha value is -1.91. The molecule has 2 aliphatic carbocycles. The number of aromatic nitrogens is 1. The number of likely N-dealkylation sites (N-methyl/N-ethyl adjacent to an activating group) is 1. The average molecular weight is 417 g/mol. The fourth-order valence-electron chi connectivity index (χ4n) is 6.94. The van der Waals surface area contributed by atoms with Gasteiger partial charge in [0.1, 0.15) is 0 Å². The third kappa shape index (κ3) is 3.68. The monoisotopic (exact) mass is 416 g/mol. The summed E-state index contributed by atoms with van der Waals surface area (Å²) in [6.45, 7) is 4.65. The van der Waals surface area contributed by atoms with Gasteiger partial charge in [0.05, 0.1) is 11.7 Å². The highest BCUT2D eigenvalue weighted by atomic mass is 15.2. The van der Waals surface area contributed by atoms with Gasteiger partial charge in [-0.15, -0.1) is 0 Å². The first-order valence-corrected chi connectivity index (χ1v) is 12.5. The van der Waals surface area contributed by atoms with E-state index in [2.05, 4.69) is 52.5 Å². The van der Waals surface area contributed by atoms with Crippen LogP contribution in [-0.2, 0) is 19.4 Å². The Kier molecular flexibility index (Phi) is 5.23. The smallest absolute Gasteiger partial charge is 0.0607 e. The van der Waals surface area contributed by atoms with E-state index >= 15 is 0 Å². The van der Waals surface area contributed by atoms with E-state index in [0.29, 0.717) is 12.1 Å². The zero-order valence-electron chi connectivity index (χ0n) is 18.9. The summed E-state index contributed by atoms with van der Waals surface area (Å²) < 4.78 is 0. The molecule has 1 saturated carbocycles. The Morgan fingerprint density at radius 2 is 1.87 bits per heavy atom. The van der Waals surface area contributed by atoms with Crippen LogP contribution < -0.4 is 10.2 Å². The first-order chi connectivity index (χ1) is 15.3. The molecule has 1 N–H and O–H groups in total. The SMILES string of the molecule is CN(C[C@@H]1Cc2c(cccc2N2C[C@@H]3CCC[C@H]3C2)CN1)[C@H]1CCCc2cccnc21. The van der Waals surface area contributed by atoms with E-state index in [1.54, 1.807) is 5.56 Å². The molecule has 1 aromatic heterocycles. The molecule has 4 heteroatoms. The molecule has 31 heavy (non-hydrogen) atoms. The number of nitrogens with zero attached hydrogens (tertiary/aromatic N) is 3. The van der Waals surface area contributed by atoms with Crippen molar-refractivity contribution < 1.29 is 0 Å². The molecule has 2 aromatic rings. The van der Waals surface area contributed by atoms with Gasteiger partial charge < -0.3 is 10.2 Å². The number of aryl methyl sites for hydroxylation is 1. The lowest BCUT2D eigenvalue weighted by atomic mass is 9.89. The molecule has 1 aromatic carbocycles. The lowest BCUT2D eigenvalue weighted by molar-refractivity contribution is 0.191. The van der Waals surface area contributed by atoms with Gasteiger partial charge in [0.2, 0.25) is 0 Å². The van der Waals surface area contributed by atoms with Gasteiger partial charge in [0.15, 0.2) is 0 Å². The van der Waals surface area contributed by atoms with Crippen molar-refractivity contribution in [3.8, 4) is 0 Å². The predicted octanol–water partition coefficient (Wildman–Crippen LogP) is 4.34. The molecule has 3 heterocycles. The minimum Gasteiger partial charge on any atom is -0.371 e. The van der Waals surface area contributed by atoms with Gasteiger partial charge in [-0.1, -0.05) is 24.6 Å². The van der Waals surface area contributed by atoms with Gasteiger partial charge in [-0.05, 0) is 86.2 Å². The number of hydrogen-bond donors (Lipinski definition) is 1. The Morgan fingerprint density at radius 3 is 2.74 bits per heavy atom. The Labute approximate surface area is 187 Å². The van der Waals surface area contributed by atoms with Gasteiger partial charge in [-0.3, -0.25) is 9.88 Å². The molecule has 164 valence electrons. The largest absolute Gasteiger partial charge is 0.371 e. The summed E-state index contributed by atoms with van der Waals surface area (Å²) in [4.78, 5) is 10.1. The molecule has 2 aliphatic heterocycles. The van der Waals surface area contributed by atoms with Crippen molar-refractivity contribution in [1.29, 1.82) is 0 Å². The lowest BCUT2D eigenvalue weighted by Crippen LogP contribution is -2.45. The van der Waals surface area contributed by atoms with Crippen molar-refractivity contribution in [1.82, 2.24) is 15.2 Å². The fraction of sp³-hybridized carbons (Fsp3) is 0.593. The third-order valence-corrected chi connectivity index (χ3v) is 8.55. The summed E-state index contributed by atoms with van der Waals surface area (Å²) in [5.41, 5.74) is 7.43. The van der Waals surface area contributed by atoms with Crippen LogP contribution in [0.3, 0.4) is 0 Å². The Bertz CT molecular complexity index is 929. The number of rotatable bonds is 4. The zero-order chi connectivity index (χ0) is 20.8. The van der Waals surface area contributed by atoms with Crippen LogP contribution in [0.4, 0.5) is 5.69 Å². The van der Waals surface area contributed by atoms with Gasteiger partial charge in [0, 0.05) is 44.1 Å². The highest BCUT2D eigenvalue weighted by Gasteiger charge is 2.37. The number of fused-ring (bicyclic) bond motifs is 3. The molecule has 6 rings (SSSR count). The van der Waals surface area contributed by atoms with E-state index in [0.717, 1.165) is 31.3 Å². The van der Waals surface area contributed by atoms with Crippen molar-refractivity contribution in [2.75, 3.05) is 31.6 Å². The maximum absolute atomic E-state index is 4.78. The fourth-order valence-corrected chi connectivity index (χ4v) is 6.94. The molecule has 1 saturated heterocycles. The maximum Gasteiger partial charge on any atom is 0.0607 e. The topological polar surface area (TPSA) is 31.4 Å². The molecule has 0 unspecified atom stereocenters. The van der Waals surface area contributed by atoms with Crippen molar-refractivity contribution in [3.05, 3.63) is 58.9 Å². The molecule has 4 aliphatic rings. The number of pyridine rings is 1. The molecule has 2 fully saturated rings. The van der Waals surface area contributed by atoms with Gasteiger partial charge in [-0.25, -0.2) is 0 Å². The highest BCUT2D eigenvalue weighted by Crippen LogP contribution is 2.41. The molecule has 0 bridgehead atoms. The third-order valence-electron chi connectivity index (χ3n) is 8.55. The highest BCUT2D eigenvalue weighted by molar-refractivity contribution is 5.59. The van der Waals surface area contributed by atoms with E-state index < -0.39 is 0 Å². The van der Waals surface area contributed by atoms with Gasteiger partial charge in [-0.2, -0.15) is 0 Å². The normalized spacial score (nSPS) is 29.7. The van der Waals surface area contributed by atoms with Crippen LogP contribution in [0, 0.1) is 11.8 Å². The van der Waals surface area contributed by atoms with Crippen LogP contribution in [0.2, 0.25) is 0 Å². The molecule has 0 spiro atoms. The minimum atomic E-state index is 0.460. The number of anilines is 1. The lowest BCUT2D eigenvalue weighted by Gasteiger charge is -2.37. The first-order valence-electron chi connectivity index (χ1n) is 12.5. The van der Waals surface area contributed by atoms with Crippen molar-refractivity contribution in [2.45, 2.75) is 63.6 Å². The second-order valence-electron chi connectivity index (χ2n) is 10.4. The van der Waals surface area contributed by atoms with Crippen molar-refractivity contribution in [2.24, 2.45) is 11.8 Å². The summed E-state index contributed by atoms with van der Waals surface area (Å²) in [7, 11) is 2.30. The second-order valence-corrected chi connectivity index (χ2v) is 10.4. The van der Waals surface area contributed by atoms with E-state index in [-0.39, 0.29) is 0 Å². The van der Waals surface area contributed by atoms with Gasteiger partial charge >= 0.3 is 0 Å².